The van der Waals surface area contributed by atoms with Crippen LogP contribution in [0.5, 0.6) is 5.75 Å². The van der Waals surface area contributed by atoms with Crippen LogP contribution in [0.2, 0.25) is 0 Å². The first kappa shape index (κ1) is 11.5. The Morgan fingerprint density at radius 3 is 2.53 bits per heavy atom. The largest absolute Gasteiger partial charge is 0.476 e. The number of rotatable bonds is 3. The summed E-state index contributed by atoms with van der Waals surface area (Å²) in [6, 6.07) is 7.46. The Hall–Kier alpha value is -1.53. The smallest absolute Gasteiger partial charge is 0.181 e. The van der Waals surface area contributed by atoms with Gasteiger partial charge in [-0.15, -0.1) is 0 Å². The molecule has 0 heterocycles. The predicted molar refractivity (Wildman–Crippen MR) is 57.5 cm³/mol. The number of nitriles is 1. The summed E-state index contributed by atoms with van der Waals surface area (Å²) in [5.41, 5.74) is 1.78. The number of aryl methyl sites for hydroxylation is 1. The summed E-state index contributed by atoms with van der Waals surface area (Å²) >= 11 is 0. The number of nitrogens with zero attached hydrogens (tertiary/aromatic N) is 1. The highest BCUT2D eigenvalue weighted by atomic mass is 16.5. The van der Waals surface area contributed by atoms with Crippen molar-refractivity contribution in [3.05, 3.63) is 29.3 Å². The van der Waals surface area contributed by atoms with Crippen molar-refractivity contribution in [3.8, 4) is 11.8 Å². The van der Waals surface area contributed by atoms with Crippen molar-refractivity contribution >= 4 is 0 Å². The SMILES string of the molecule is Cc1cc([C@H](C)O)ccc1OC(C)C#N. The van der Waals surface area contributed by atoms with E-state index in [9.17, 15) is 5.11 Å². The molecule has 15 heavy (non-hydrogen) atoms. The molecule has 0 spiro atoms. The number of aliphatic hydroxyl groups excluding tert-OH is 1. The van der Waals surface area contributed by atoms with Gasteiger partial charge in [0.2, 0.25) is 0 Å². The van der Waals surface area contributed by atoms with E-state index in [-0.39, 0.29) is 0 Å². The molecule has 0 fully saturated rings. The van der Waals surface area contributed by atoms with E-state index in [4.69, 9.17) is 10.00 Å². The predicted octanol–water partition coefficient (Wildman–Crippen LogP) is 2.34. The van der Waals surface area contributed by atoms with Gasteiger partial charge in [-0.05, 0) is 44.0 Å². The molecular weight excluding hydrogens is 190 g/mol. The molecule has 2 atom stereocenters. The Balaban J connectivity index is 2.89. The molecule has 0 bridgehead atoms. The molecule has 0 amide bonds. The lowest BCUT2D eigenvalue weighted by Gasteiger charge is -2.12. The van der Waals surface area contributed by atoms with Crippen molar-refractivity contribution in [2.24, 2.45) is 0 Å². The van der Waals surface area contributed by atoms with E-state index in [0.29, 0.717) is 5.75 Å². The minimum atomic E-state index is -0.480. The Morgan fingerprint density at radius 2 is 2.07 bits per heavy atom. The van der Waals surface area contributed by atoms with E-state index in [1.165, 1.54) is 0 Å². The molecule has 1 aromatic rings. The van der Waals surface area contributed by atoms with Crippen LogP contribution in [0.3, 0.4) is 0 Å². The fourth-order valence-electron chi connectivity index (χ4n) is 1.28. The van der Waals surface area contributed by atoms with Gasteiger partial charge in [-0.3, -0.25) is 0 Å². The molecule has 0 aliphatic rings. The first-order chi connectivity index (χ1) is 7.04. The average Bonchev–Trinajstić information content (AvgIpc) is 2.20. The Bertz CT molecular complexity index is 380. The summed E-state index contributed by atoms with van der Waals surface area (Å²) in [7, 11) is 0. The van der Waals surface area contributed by atoms with E-state index >= 15 is 0 Å². The van der Waals surface area contributed by atoms with E-state index in [0.717, 1.165) is 11.1 Å². The molecule has 80 valence electrons. The first-order valence-corrected chi connectivity index (χ1v) is 4.89. The normalized spacial score (nSPS) is 14.1. The van der Waals surface area contributed by atoms with Crippen LogP contribution in [-0.2, 0) is 0 Å². The number of aliphatic hydroxyl groups is 1. The molecule has 0 radical (unpaired) electrons. The van der Waals surface area contributed by atoms with E-state index in [1.54, 1.807) is 26.0 Å². The van der Waals surface area contributed by atoms with Crippen molar-refractivity contribution in [1.29, 1.82) is 5.26 Å². The quantitative estimate of drug-likeness (QED) is 0.824. The van der Waals surface area contributed by atoms with Crippen molar-refractivity contribution in [2.45, 2.75) is 33.0 Å². The third-order valence-electron chi connectivity index (χ3n) is 2.17. The van der Waals surface area contributed by atoms with Crippen molar-refractivity contribution < 1.29 is 9.84 Å². The highest BCUT2D eigenvalue weighted by Gasteiger charge is 2.07. The minimum Gasteiger partial charge on any atom is -0.476 e. The zero-order valence-electron chi connectivity index (χ0n) is 9.19. The van der Waals surface area contributed by atoms with Gasteiger partial charge in [-0.2, -0.15) is 5.26 Å². The fourth-order valence-corrected chi connectivity index (χ4v) is 1.28. The van der Waals surface area contributed by atoms with Crippen LogP contribution in [-0.4, -0.2) is 11.2 Å². The molecule has 1 unspecified atom stereocenters. The molecule has 1 aromatic carbocycles. The summed E-state index contributed by atoms with van der Waals surface area (Å²) in [6.45, 7) is 5.31. The molecule has 0 saturated carbocycles. The third-order valence-corrected chi connectivity index (χ3v) is 2.17. The van der Waals surface area contributed by atoms with Gasteiger partial charge in [-0.1, -0.05) is 6.07 Å². The second-order valence-electron chi connectivity index (χ2n) is 3.59. The molecule has 1 rings (SSSR count). The fraction of sp³-hybridized carbons (Fsp3) is 0.417. The van der Waals surface area contributed by atoms with Gasteiger partial charge in [0.15, 0.2) is 6.10 Å². The maximum absolute atomic E-state index is 9.37. The summed E-state index contributed by atoms with van der Waals surface area (Å²) in [6.07, 6.45) is -0.938. The van der Waals surface area contributed by atoms with E-state index in [1.807, 2.05) is 19.1 Å². The van der Waals surface area contributed by atoms with E-state index < -0.39 is 12.2 Å². The van der Waals surface area contributed by atoms with Crippen molar-refractivity contribution in [3.63, 3.8) is 0 Å². The van der Waals surface area contributed by atoms with Gasteiger partial charge in [0.05, 0.1) is 6.10 Å². The van der Waals surface area contributed by atoms with Crippen LogP contribution < -0.4 is 4.74 Å². The third kappa shape index (κ3) is 2.97. The molecule has 3 heteroatoms. The molecular formula is C12H15NO2. The maximum atomic E-state index is 9.37. The van der Waals surface area contributed by atoms with Gasteiger partial charge in [0, 0.05) is 0 Å². The van der Waals surface area contributed by atoms with Crippen LogP contribution in [0.4, 0.5) is 0 Å². The summed E-state index contributed by atoms with van der Waals surface area (Å²) < 4.78 is 5.39. The van der Waals surface area contributed by atoms with Crippen molar-refractivity contribution in [2.75, 3.05) is 0 Å². The average molecular weight is 205 g/mol. The minimum absolute atomic E-state index is 0.457. The number of ether oxygens (including phenoxy) is 1. The van der Waals surface area contributed by atoms with Gasteiger partial charge in [-0.25, -0.2) is 0 Å². The lowest BCUT2D eigenvalue weighted by Crippen LogP contribution is -2.09. The molecule has 1 N–H and O–H groups in total. The maximum Gasteiger partial charge on any atom is 0.181 e. The molecule has 0 saturated heterocycles. The van der Waals surface area contributed by atoms with Gasteiger partial charge >= 0.3 is 0 Å². The first-order valence-electron chi connectivity index (χ1n) is 4.89. The summed E-state index contributed by atoms with van der Waals surface area (Å²) in [5.74, 6) is 0.688. The number of hydrogen-bond donors (Lipinski definition) is 1. The molecule has 0 aliphatic heterocycles. The Morgan fingerprint density at radius 1 is 1.40 bits per heavy atom. The van der Waals surface area contributed by atoms with Crippen LogP contribution in [0.15, 0.2) is 18.2 Å². The van der Waals surface area contributed by atoms with Gasteiger partial charge in [0.25, 0.3) is 0 Å². The zero-order valence-corrected chi connectivity index (χ0v) is 9.19. The summed E-state index contributed by atoms with van der Waals surface area (Å²) in [4.78, 5) is 0. The van der Waals surface area contributed by atoms with Gasteiger partial charge < -0.3 is 9.84 Å². The highest BCUT2D eigenvalue weighted by Crippen LogP contribution is 2.23. The molecule has 3 nitrogen and oxygen atoms in total. The van der Waals surface area contributed by atoms with E-state index in [2.05, 4.69) is 0 Å². The van der Waals surface area contributed by atoms with Crippen LogP contribution >= 0.6 is 0 Å². The lowest BCUT2D eigenvalue weighted by atomic mass is 10.1. The lowest BCUT2D eigenvalue weighted by molar-refractivity contribution is 0.199. The monoisotopic (exact) mass is 205 g/mol. The van der Waals surface area contributed by atoms with Crippen LogP contribution in [0.25, 0.3) is 0 Å². The highest BCUT2D eigenvalue weighted by molar-refractivity contribution is 5.37. The van der Waals surface area contributed by atoms with Crippen molar-refractivity contribution in [1.82, 2.24) is 0 Å². The standard InChI is InChI=1S/C12H15NO2/c1-8-6-11(10(3)14)4-5-12(8)15-9(2)7-13/h4-6,9-10,14H,1-3H3/t9?,10-/m0/s1. The molecule has 0 aromatic heterocycles. The summed E-state index contributed by atoms with van der Waals surface area (Å²) in [5, 5.41) is 18.0. The zero-order chi connectivity index (χ0) is 11.4. The van der Waals surface area contributed by atoms with Crippen LogP contribution in [0.1, 0.15) is 31.1 Å². The van der Waals surface area contributed by atoms with Gasteiger partial charge in [0.1, 0.15) is 11.8 Å². The Labute approximate surface area is 89.9 Å². The van der Waals surface area contributed by atoms with Crippen LogP contribution in [0, 0.1) is 18.3 Å². The number of hydrogen-bond acceptors (Lipinski definition) is 3. The number of benzene rings is 1. The second kappa shape index (κ2) is 4.81. The topological polar surface area (TPSA) is 53.2 Å². The second-order valence-corrected chi connectivity index (χ2v) is 3.59. The molecule has 0 aliphatic carbocycles. The Kier molecular flexibility index (Phi) is 3.70.